The predicted octanol–water partition coefficient (Wildman–Crippen LogP) is 3.33. The lowest BCUT2D eigenvalue weighted by atomic mass is 10.1. The molecule has 11 nitrogen and oxygen atoms in total. The van der Waals surface area contributed by atoms with Crippen LogP contribution < -0.4 is 14.4 Å². The Hall–Kier alpha value is -3.19. The molecule has 0 unspecified atom stereocenters. The van der Waals surface area contributed by atoms with Crippen molar-refractivity contribution in [2.45, 2.75) is 50.2 Å². The molecule has 0 aliphatic carbocycles. The molecule has 1 aliphatic heterocycles. The van der Waals surface area contributed by atoms with Crippen molar-refractivity contribution in [1.29, 1.82) is 0 Å². The minimum Gasteiger partial charge on any atom is -0.487 e. The van der Waals surface area contributed by atoms with Gasteiger partial charge in [0.1, 0.15) is 18.5 Å². The monoisotopic (exact) mass is 518 g/mol. The van der Waals surface area contributed by atoms with E-state index in [9.17, 15) is 8.42 Å². The quantitative estimate of drug-likeness (QED) is 0.343. The van der Waals surface area contributed by atoms with Gasteiger partial charge < -0.3 is 18.9 Å². The van der Waals surface area contributed by atoms with Crippen molar-refractivity contribution < 1.29 is 22.4 Å². The predicted molar refractivity (Wildman–Crippen MR) is 129 cm³/mol. The number of ether oxygens (including phenoxy) is 2. The van der Waals surface area contributed by atoms with E-state index in [1.807, 2.05) is 13.8 Å². The average Bonchev–Trinajstić information content (AvgIpc) is 3.53. The summed E-state index contributed by atoms with van der Waals surface area (Å²) in [5, 5.41) is 9.11. The Bertz CT molecular complexity index is 1370. The van der Waals surface area contributed by atoms with Crippen LogP contribution in [-0.4, -0.2) is 58.6 Å². The Labute approximate surface area is 206 Å². The molecule has 0 N–H and O–H groups in total. The summed E-state index contributed by atoms with van der Waals surface area (Å²) in [6, 6.07) is 6.88. The van der Waals surface area contributed by atoms with Crippen molar-refractivity contribution in [1.82, 2.24) is 24.7 Å². The third-order valence-corrected chi connectivity index (χ3v) is 7.58. The lowest BCUT2D eigenvalue weighted by Crippen LogP contribution is -2.38. The van der Waals surface area contributed by atoms with E-state index in [2.05, 4.69) is 25.1 Å². The van der Waals surface area contributed by atoms with E-state index in [-0.39, 0.29) is 23.5 Å². The molecule has 1 fully saturated rings. The van der Waals surface area contributed by atoms with Crippen LogP contribution in [0, 0.1) is 0 Å². The first-order valence-electron chi connectivity index (χ1n) is 11.3. The lowest BCUT2D eigenvalue weighted by molar-refractivity contribution is 0.166. The normalized spacial score (nSPS) is 15.3. The second kappa shape index (κ2) is 9.46. The summed E-state index contributed by atoms with van der Waals surface area (Å²) >= 11 is 1.38. The summed E-state index contributed by atoms with van der Waals surface area (Å²) < 4.78 is 42.0. The Morgan fingerprint density at radius 3 is 2.54 bits per heavy atom. The highest BCUT2D eigenvalue weighted by Gasteiger charge is 2.25. The zero-order valence-electron chi connectivity index (χ0n) is 19.6. The van der Waals surface area contributed by atoms with Crippen molar-refractivity contribution in [2.24, 2.45) is 0 Å². The van der Waals surface area contributed by atoms with Gasteiger partial charge in [-0.15, -0.1) is 5.10 Å². The first-order chi connectivity index (χ1) is 16.7. The number of hydrogen-bond acceptors (Lipinski definition) is 11. The van der Waals surface area contributed by atoms with Crippen LogP contribution >= 0.6 is 11.3 Å². The van der Waals surface area contributed by atoms with Gasteiger partial charge in [-0.2, -0.15) is 4.98 Å². The molecule has 4 aromatic rings. The number of aromatic nitrogens is 5. The number of sulfone groups is 1. The highest BCUT2D eigenvalue weighted by atomic mass is 32.2. The highest BCUT2D eigenvalue weighted by Crippen LogP contribution is 2.27. The molecule has 186 valence electrons. The standard InChI is InChI=1S/C22H26N6O5S2/c1-14(2)19-24-20(33-26-19)27-10-8-17(9-11-27)32-22-25-28-12-15(23-21(28)34-22)13-31-16-4-6-18(7-5-16)35(3,29)30/h4-7,12,14,17H,8-11,13H2,1-3H3. The maximum atomic E-state index is 11.6. The molecule has 3 aromatic heterocycles. The topological polar surface area (TPSA) is 125 Å². The summed E-state index contributed by atoms with van der Waals surface area (Å²) in [5.41, 5.74) is 0.719. The average molecular weight is 519 g/mol. The van der Waals surface area contributed by atoms with Gasteiger partial charge in [-0.25, -0.2) is 17.9 Å². The van der Waals surface area contributed by atoms with Crippen molar-refractivity contribution in [3.05, 3.63) is 42.0 Å². The largest absolute Gasteiger partial charge is 0.487 e. The van der Waals surface area contributed by atoms with Gasteiger partial charge >= 0.3 is 6.01 Å². The molecule has 35 heavy (non-hydrogen) atoms. The zero-order chi connectivity index (χ0) is 24.6. The second-order valence-corrected chi connectivity index (χ2v) is 11.7. The molecule has 1 aromatic carbocycles. The number of benzene rings is 1. The minimum atomic E-state index is -3.23. The molecule has 0 atom stereocenters. The molecule has 0 radical (unpaired) electrons. The Kier molecular flexibility index (Phi) is 6.36. The van der Waals surface area contributed by atoms with Gasteiger partial charge in [0, 0.05) is 38.1 Å². The van der Waals surface area contributed by atoms with Crippen LogP contribution in [0.3, 0.4) is 0 Å². The van der Waals surface area contributed by atoms with Gasteiger partial charge in [0.2, 0.25) is 4.96 Å². The van der Waals surface area contributed by atoms with Crippen molar-refractivity contribution in [2.75, 3.05) is 24.2 Å². The first-order valence-corrected chi connectivity index (χ1v) is 14.0. The summed E-state index contributed by atoms with van der Waals surface area (Å²) in [6.07, 6.45) is 4.70. The van der Waals surface area contributed by atoms with E-state index in [0.717, 1.165) is 42.4 Å². The van der Waals surface area contributed by atoms with Crippen LogP contribution in [0.15, 0.2) is 39.9 Å². The van der Waals surface area contributed by atoms with Crippen LogP contribution in [0.1, 0.15) is 44.1 Å². The highest BCUT2D eigenvalue weighted by molar-refractivity contribution is 7.90. The van der Waals surface area contributed by atoms with Gasteiger partial charge in [0.25, 0.3) is 5.19 Å². The Morgan fingerprint density at radius 2 is 1.91 bits per heavy atom. The maximum absolute atomic E-state index is 11.6. The fourth-order valence-electron chi connectivity index (χ4n) is 3.68. The molecule has 1 saturated heterocycles. The van der Waals surface area contributed by atoms with Gasteiger partial charge in [-0.1, -0.05) is 19.0 Å². The van der Waals surface area contributed by atoms with E-state index in [4.69, 9.17) is 14.0 Å². The van der Waals surface area contributed by atoms with Crippen molar-refractivity contribution in [3.63, 3.8) is 0 Å². The zero-order valence-corrected chi connectivity index (χ0v) is 21.3. The molecule has 1 aliphatic rings. The lowest BCUT2D eigenvalue weighted by Gasteiger charge is -2.29. The van der Waals surface area contributed by atoms with Crippen LogP contribution in [0.5, 0.6) is 10.9 Å². The van der Waals surface area contributed by atoms with Crippen molar-refractivity contribution in [3.8, 4) is 10.9 Å². The number of hydrogen-bond donors (Lipinski definition) is 0. The van der Waals surface area contributed by atoms with E-state index in [0.29, 0.717) is 17.0 Å². The number of anilines is 1. The van der Waals surface area contributed by atoms with E-state index >= 15 is 0 Å². The van der Waals surface area contributed by atoms with E-state index in [1.54, 1.807) is 22.8 Å². The minimum absolute atomic E-state index is 0.0623. The fourth-order valence-corrected chi connectivity index (χ4v) is 5.13. The number of imidazole rings is 1. The Balaban J connectivity index is 1.13. The summed E-state index contributed by atoms with van der Waals surface area (Å²) in [4.78, 5) is 12.1. The van der Waals surface area contributed by atoms with Gasteiger partial charge in [-0.3, -0.25) is 0 Å². The number of nitrogens with zero attached hydrogens (tertiary/aromatic N) is 6. The first kappa shape index (κ1) is 23.5. The fraction of sp³-hybridized carbons (Fsp3) is 0.455. The number of rotatable bonds is 8. The summed E-state index contributed by atoms with van der Waals surface area (Å²) in [5.74, 6) is 1.52. The molecule has 0 spiro atoms. The van der Waals surface area contributed by atoms with Gasteiger partial charge in [0.05, 0.1) is 16.8 Å². The number of fused-ring (bicyclic) bond motifs is 1. The third kappa shape index (κ3) is 5.40. The molecule has 0 saturated carbocycles. The molecule has 4 heterocycles. The molecule has 0 amide bonds. The van der Waals surface area contributed by atoms with Gasteiger partial charge in [-0.05, 0) is 35.6 Å². The van der Waals surface area contributed by atoms with Gasteiger partial charge in [0.15, 0.2) is 15.7 Å². The maximum Gasteiger partial charge on any atom is 0.324 e. The summed E-state index contributed by atoms with van der Waals surface area (Å²) in [7, 11) is -3.23. The Morgan fingerprint density at radius 1 is 1.17 bits per heavy atom. The number of piperidine rings is 1. The SMILES string of the molecule is CC(C)c1noc(N2CCC(Oc3nn4cc(COc5ccc(S(C)(=O)=O)cc5)nc4s3)CC2)n1. The van der Waals surface area contributed by atoms with Crippen LogP contribution in [0.25, 0.3) is 4.96 Å². The molecule has 0 bridgehead atoms. The molecule has 5 rings (SSSR count). The van der Waals surface area contributed by atoms with E-state index in [1.165, 1.54) is 29.7 Å². The molecular weight excluding hydrogens is 492 g/mol. The third-order valence-electron chi connectivity index (χ3n) is 5.64. The van der Waals surface area contributed by atoms with E-state index < -0.39 is 9.84 Å². The smallest absolute Gasteiger partial charge is 0.324 e. The van der Waals surface area contributed by atoms with Crippen molar-refractivity contribution >= 4 is 32.1 Å². The second-order valence-electron chi connectivity index (χ2n) is 8.75. The molecule has 13 heteroatoms. The van der Waals surface area contributed by atoms with Crippen LogP contribution in [0.4, 0.5) is 6.01 Å². The molecular formula is C22H26N6O5S2. The van der Waals surface area contributed by atoms with Crippen LogP contribution in [0.2, 0.25) is 0 Å². The van der Waals surface area contributed by atoms with Crippen LogP contribution in [-0.2, 0) is 16.4 Å². The summed E-state index contributed by atoms with van der Waals surface area (Å²) in [6.45, 7) is 5.88.